The Balaban J connectivity index is 0.000000302. The van der Waals surface area contributed by atoms with E-state index in [0.29, 0.717) is 22.2 Å². The predicted molar refractivity (Wildman–Crippen MR) is 156 cm³/mol. The molecule has 0 atom stereocenters. The van der Waals surface area contributed by atoms with Gasteiger partial charge in [-0.3, -0.25) is 0 Å². The van der Waals surface area contributed by atoms with Crippen LogP contribution in [0.5, 0.6) is 0 Å². The number of allylic oxidation sites excluding steroid dienone is 1. The second-order valence-electron chi connectivity index (χ2n) is 7.76. The number of benzene rings is 2. The molecule has 2 N–H and O–H groups in total. The van der Waals surface area contributed by atoms with Crippen molar-refractivity contribution in [1.82, 2.24) is 9.55 Å². The maximum absolute atomic E-state index is 5.79. The first-order valence-electron chi connectivity index (χ1n) is 13.0. The summed E-state index contributed by atoms with van der Waals surface area (Å²) in [4.78, 5) is 4.75. The van der Waals surface area contributed by atoms with Crippen LogP contribution in [-0.2, 0) is 32.2 Å². The molecule has 0 bridgehead atoms. The van der Waals surface area contributed by atoms with Crippen LogP contribution >= 0.6 is 23.2 Å². The number of aromatic nitrogens is 2. The zero-order valence-corrected chi connectivity index (χ0v) is 23.9. The quantitative estimate of drug-likeness (QED) is 0.377. The summed E-state index contributed by atoms with van der Waals surface area (Å²) in [6, 6.07) is 12.3. The van der Waals surface area contributed by atoms with E-state index < -0.39 is 0 Å². The van der Waals surface area contributed by atoms with Crippen molar-refractivity contribution in [2.75, 3.05) is 0 Å². The molecule has 35 heavy (non-hydrogen) atoms. The van der Waals surface area contributed by atoms with Gasteiger partial charge in [0.2, 0.25) is 0 Å². The standard InChI is InChI=1S/C15H16N2.C9H9Cl2N.3C2H6/c1-3-11-6-7-13(9-12(11)4-1)14-10-17-8-2-5-15(17)16-14;1-6(12)4-7-2-3-8(10)9(11)5-7;3*1-2/h6-7,9-10H,1-5,8H2;2-3,5H,1,4,12H2;3*1-2H3. The van der Waals surface area contributed by atoms with Crippen LogP contribution in [0.3, 0.4) is 0 Å². The molecule has 3 nitrogen and oxygen atoms in total. The number of hydrogen-bond acceptors (Lipinski definition) is 2. The van der Waals surface area contributed by atoms with Crippen molar-refractivity contribution >= 4 is 23.2 Å². The van der Waals surface area contributed by atoms with Gasteiger partial charge in [0.25, 0.3) is 0 Å². The fraction of sp³-hybridized carbons (Fsp3) is 0.433. The molecule has 5 rings (SSSR count). The van der Waals surface area contributed by atoms with Crippen LogP contribution < -0.4 is 5.73 Å². The lowest BCUT2D eigenvalue weighted by molar-refractivity contribution is 0.750. The third-order valence-corrected chi connectivity index (χ3v) is 6.21. The van der Waals surface area contributed by atoms with E-state index in [-0.39, 0.29) is 0 Å². The van der Waals surface area contributed by atoms with Gasteiger partial charge in [-0.05, 0) is 60.6 Å². The number of aryl methyl sites for hydroxylation is 4. The van der Waals surface area contributed by atoms with E-state index in [1.165, 1.54) is 42.6 Å². The molecule has 0 amide bonds. The Bertz CT molecular complexity index is 1030. The SMILES string of the molecule is C=C(N)Cc1ccc(Cl)c(Cl)c1.CC.CC.CC.c1cc2c(cc1-c1cn3c(n1)CCC3)CCC2. The van der Waals surface area contributed by atoms with Crippen LogP contribution in [0, 0.1) is 0 Å². The molecule has 1 aliphatic heterocycles. The molecule has 0 saturated carbocycles. The van der Waals surface area contributed by atoms with Crippen LogP contribution in [0.1, 0.15) is 76.9 Å². The van der Waals surface area contributed by atoms with Crippen molar-refractivity contribution in [1.29, 1.82) is 0 Å². The van der Waals surface area contributed by atoms with Crippen molar-refractivity contribution in [3.8, 4) is 11.3 Å². The molecular weight excluding hydrogens is 473 g/mol. The molecule has 1 aromatic heterocycles. The smallest absolute Gasteiger partial charge is 0.109 e. The molecule has 1 aliphatic carbocycles. The van der Waals surface area contributed by atoms with Crippen LogP contribution in [0.25, 0.3) is 11.3 Å². The first-order chi connectivity index (χ1) is 17.0. The second-order valence-corrected chi connectivity index (χ2v) is 8.57. The maximum Gasteiger partial charge on any atom is 0.109 e. The van der Waals surface area contributed by atoms with Gasteiger partial charge in [-0.1, -0.05) is 89.5 Å². The Hall–Kier alpha value is -2.23. The van der Waals surface area contributed by atoms with E-state index in [4.69, 9.17) is 33.9 Å². The fourth-order valence-electron chi connectivity index (χ4n) is 4.04. The summed E-state index contributed by atoms with van der Waals surface area (Å²) in [5.41, 5.74) is 12.6. The van der Waals surface area contributed by atoms with Crippen LogP contribution in [0.15, 0.2) is 54.9 Å². The molecule has 0 unspecified atom stereocenters. The summed E-state index contributed by atoms with van der Waals surface area (Å²) in [6.07, 6.45) is 9.08. The molecule has 2 aliphatic rings. The zero-order valence-electron chi connectivity index (χ0n) is 22.4. The summed E-state index contributed by atoms with van der Waals surface area (Å²) >= 11 is 11.5. The van der Waals surface area contributed by atoms with Crippen LogP contribution in [0.2, 0.25) is 10.0 Å². The molecule has 0 spiro atoms. The Kier molecular flexibility index (Phi) is 14.5. The Labute approximate surface area is 223 Å². The minimum absolute atomic E-state index is 0.551. The molecule has 2 heterocycles. The van der Waals surface area contributed by atoms with E-state index >= 15 is 0 Å². The molecule has 0 fully saturated rings. The van der Waals surface area contributed by atoms with Crippen molar-refractivity contribution < 1.29 is 0 Å². The van der Waals surface area contributed by atoms with Crippen molar-refractivity contribution in [2.45, 2.75) is 86.6 Å². The van der Waals surface area contributed by atoms with E-state index in [1.807, 2.05) is 47.6 Å². The normalized spacial score (nSPS) is 12.2. The van der Waals surface area contributed by atoms with Gasteiger partial charge in [0, 0.05) is 36.8 Å². The highest BCUT2D eigenvalue weighted by molar-refractivity contribution is 6.42. The highest BCUT2D eigenvalue weighted by Crippen LogP contribution is 2.29. The van der Waals surface area contributed by atoms with Gasteiger partial charge >= 0.3 is 0 Å². The van der Waals surface area contributed by atoms with Crippen molar-refractivity contribution in [2.24, 2.45) is 5.73 Å². The molecule has 2 aromatic carbocycles. The molecule has 3 aromatic rings. The maximum atomic E-state index is 5.79. The van der Waals surface area contributed by atoms with Crippen molar-refractivity contribution in [3.05, 3.63) is 87.4 Å². The van der Waals surface area contributed by atoms with E-state index in [2.05, 4.69) is 35.5 Å². The summed E-state index contributed by atoms with van der Waals surface area (Å²) < 4.78 is 2.31. The molecular formula is C30H43Cl2N3. The monoisotopic (exact) mass is 515 g/mol. The Morgan fingerprint density at radius 3 is 2.20 bits per heavy atom. The third kappa shape index (κ3) is 9.05. The number of hydrogen-bond donors (Lipinski definition) is 1. The lowest BCUT2D eigenvalue weighted by Gasteiger charge is -2.02. The van der Waals surface area contributed by atoms with Gasteiger partial charge in [-0.15, -0.1) is 0 Å². The van der Waals surface area contributed by atoms with E-state index in [9.17, 15) is 0 Å². The number of rotatable bonds is 3. The van der Waals surface area contributed by atoms with Crippen LogP contribution in [0.4, 0.5) is 0 Å². The van der Waals surface area contributed by atoms with Crippen molar-refractivity contribution in [3.63, 3.8) is 0 Å². The number of nitrogens with two attached hydrogens (primary N) is 1. The largest absolute Gasteiger partial charge is 0.402 e. The van der Waals surface area contributed by atoms with E-state index in [0.717, 1.165) is 24.2 Å². The summed E-state index contributed by atoms with van der Waals surface area (Å²) in [6.45, 7) is 16.8. The lowest BCUT2D eigenvalue weighted by Crippen LogP contribution is -1.98. The summed E-state index contributed by atoms with van der Waals surface area (Å²) in [5, 5.41) is 1.11. The first-order valence-corrected chi connectivity index (χ1v) is 13.8. The highest BCUT2D eigenvalue weighted by Gasteiger charge is 2.16. The number of fused-ring (bicyclic) bond motifs is 2. The predicted octanol–water partition coefficient (Wildman–Crippen LogP) is 9.07. The highest BCUT2D eigenvalue weighted by atomic mass is 35.5. The van der Waals surface area contributed by atoms with Gasteiger partial charge < -0.3 is 10.3 Å². The molecule has 5 heteroatoms. The second kappa shape index (κ2) is 16.4. The van der Waals surface area contributed by atoms with Gasteiger partial charge in [0.15, 0.2) is 0 Å². The zero-order chi connectivity index (χ0) is 26.4. The summed E-state index contributed by atoms with van der Waals surface area (Å²) in [7, 11) is 0. The van der Waals surface area contributed by atoms with Gasteiger partial charge in [0.05, 0.1) is 15.7 Å². The molecule has 0 saturated heterocycles. The Morgan fingerprint density at radius 2 is 1.57 bits per heavy atom. The molecule has 192 valence electrons. The number of halogens is 2. The van der Waals surface area contributed by atoms with Crippen LogP contribution in [-0.4, -0.2) is 9.55 Å². The lowest BCUT2D eigenvalue weighted by atomic mass is 10.0. The summed E-state index contributed by atoms with van der Waals surface area (Å²) in [5.74, 6) is 1.26. The van der Waals surface area contributed by atoms with Gasteiger partial charge in [0.1, 0.15) is 5.82 Å². The van der Waals surface area contributed by atoms with Gasteiger partial charge in [-0.25, -0.2) is 4.98 Å². The average Bonchev–Trinajstić information content (AvgIpc) is 3.61. The Morgan fingerprint density at radius 1 is 0.886 bits per heavy atom. The minimum Gasteiger partial charge on any atom is -0.402 e. The van der Waals surface area contributed by atoms with Gasteiger partial charge in [-0.2, -0.15) is 0 Å². The third-order valence-electron chi connectivity index (χ3n) is 5.47. The molecule has 0 radical (unpaired) electrons. The van der Waals surface area contributed by atoms with E-state index in [1.54, 1.807) is 17.7 Å². The topological polar surface area (TPSA) is 43.8 Å². The first kappa shape index (κ1) is 30.8. The fourth-order valence-corrected chi connectivity index (χ4v) is 4.36. The number of imidazole rings is 1. The average molecular weight is 517 g/mol. The minimum atomic E-state index is 0.551. The number of nitrogens with zero attached hydrogens (tertiary/aromatic N) is 2.